The summed E-state index contributed by atoms with van der Waals surface area (Å²) in [7, 11) is 0. The number of benzene rings is 3. The van der Waals surface area contributed by atoms with Gasteiger partial charge in [0.15, 0.2) is 5.78 Å². The molecule has 0 saturated carbocycles. The third kappa shape index (κ3) is 1.96. The summed E-state index contributed by atoms with van der Waals surface area (Å²) in [5, 5.41) is 5.16. The largest absolute Gasteiger partial charge is 0.289 e. The molecule has 0 N–H and O–H groups in total. The number of thiophene rings is 1. The van der Waals surface area contributed by atoms with Crippen LogP contribution < -0.4 is 0 Å². The van der Waals surface area contributed by atoms with Crippen LogP contribution in [0.3, 0.4) is 0 Å². The lowest BCUT2D eigenvalue weighted by Crippen LogP contribution is -2.04. The van der Waals surface area contributed by atoms with Crippen LogP contribution in [0, 0.1) is 6.92 Å². The van der Waals surface area contributed by atoms with Gasteiger partial charge in [-0.15, -0.1) is 11.3 Å². The Morgan fingerprint density at radius 2 is 1.59 bits per heavy atom. The minimum absolute atomic E-state index is 0.117. The molecule has 1 heterocycles. The van der Waals surface area contributed by atoms with Crippen LogP contribution in [-0.4, -0.2) is 5.78 Å². The van der Waals surface area contributed by atoms with Crippen LogP contribution in [0.25, 0.3) is 20.9 Å². The summed E-state index contributed by atoms with van der Waals surface area (Å²) >= 11 is 1.63. The summed E-state index contributed by atoms with van der Waals surface area (Å²) in [6, 6.07) is 20.3. The summed E-state index contributed by atoms with van der Waals surface area (Å²) in [5.41, 5.74) is 2.65. The van der Waals surface area contributed by atoms with E-state index in [1.165, 1.54) is 0 Å². The highest BCUT2D eigenvalue weighted by Gasteiger charge is 2.18. The van der Waals surface area contributed by atoms with Crippen molar-refractivity contribution in [3.8, 4) is 0 Å². The molecule has 3 aromatic carbocycles. The van der Waals surface area contributed by atoms with Crippen LogP contribution in [0.15, 0.2) is 66.0 Å². The number of hydrogen-bond donors (Lipinski definition) is 0. The fourth-order valence-corrected chi connectivity index (χ4v) is 3.91. The van der Waals surface area contributed by atoms with Crippen molar-refractivity contribution in [3.05, 3.63) is 82.7 Å². The Morgan fingerprint density at radius 1 is 0.864 bits per heavy atom. The second kappa shape index (κ2) is 5.08. The summed E-state index contributed by atoms with van der Waals surface area (Å²) in [6.45, 7) is 2.01. The van der Waals surface area contributed by atoms with Crippen LogP contribution in [-0.2, 0) is 0 Å². The smallest absolute Gasteiger partial charge is 0.195 e. The fraction of sp³-hybridized carbons (Fsp3) is 0.0500. The molecule has 0 aliphatic heterocycles. The van der Waals surface area contributed by atoms with E-state index in [1.807, 2.05) is 54.8 Å². The topological polar surface area (TPSA) is 17.1 Å². The molecule has 22 heavy (non-hydrogen) atoms. The Bertz CT molecular complexity index is 1010. The van der Waals surface area contributed by atoms with Crippen molar-refractivity contribution >= 4 is 38.0 Å². The van der Waals surface area contributed by atoms with E-state index in [-0.39, 0.29) is 5.78 Å². The predicted molar refractivity (Wildman–Crippen MR) is 93.9 cm³/mol. The van der Waals surface area contributed by atoms with Gasteiger partial charge in [0.1, 0.15) is 0 Å². The first-order valence-corrected chi connectivity index (χ1v) is 8.13. The van der Waals surface area contributed by atoms with E-state index in [0.29, 0.717) is 0 Å². The molecule has 0 unspecified atom stereocenters. The third-order valence-electron chi connectivity index (χ3n) is 4.09. The normalized spacial score (nSPS) is 11.1. The molecule has 4 rings (SSSR count). The Kier molecular flexibility index (Phi) is 3.05. The molecule has 1 nitrogen and oxygen atoms in total. The molecule has 4 aromatic rings. The second-order valence-corrected chi connectivity index (χ2v) is 6.36. The Balaban J connectivity index is 1.99. The fourth-order valence-electron chi connectivity index (χ4n) is 2.97. The summed E-state index contributed by atoms with van der Waals surface area (Å²) < 4.78 is 1.16. The second-order valence-electron chi connectivity index (χ2n) is 5.45. The minimum Gasteiger partial charge on any atom is -0.289 e. The average Bonchev–Trinajstić information content (AvgIpc) is 2.98. The monoisotopic (exact) mass is 302 g/mol. The van der Waals surface area contributed by atoms with Crippen LogP contribution in [0.5, 0.6) is 0 Å². The highest BCUT2D eigenvalue weighted by Crippen LogP contribution is 2.31. The predicted octanol–water partition coefficient (Wildman–Crippen LogP) is 5.59. The number of fused-ring (bicyclic) bond motifs is 2. The first-order chi connectivity index (χ1) is 10.8. The van der Waals surface area contributed by atoms with Crippen LogP contribution in [0.1, 0.15) is 21.5 Å². The maximum Gasteiger partial charge on any atom is 0.195 e. The van der Waals surface area contributed by atoms with Crippen molar-refractivity contribution in [2.75, 3.05) is 0 Å². The lowest BCUT2D eigenvalue weighted by molar-refractivity contribution is 0.104. The Morgan fingerprint density at radius 3 is 2.45 bits per heavy atom. The number of carbonyl (C=O) groups excluding carboxylic acids is 1. The van der Waals surface area contributed by atoms with E-state index < -0.39 is 0 Å². The molecule has 0 fully saturated rings. The van der Waals surface area contributed by atoms with E-state index >= 15 is 0 Å². The molecule has 0 amide bonds. The van der Waals surface area contributed by atoms with Gasteiger partial charge >= 0.3 is 0 Å². The molecule has 0 aliphatic rings. The van der Waals surface area contributed by atoms with Crippen molar-refractivity contribution in [3.63, 3.8) is 0 Å². The lowest BCUT2D eigenvalue weighted by atomic mass is 9.93. The molecule has 1 aromatic heterocycles. The van der Waals surface area contributed by atoms with Crippen molar-refractivity contribution in [1.29, 1.82) is 0 Å². The minimum atomic E-state index is 0.117. The van der Waals surface area contributed by atoms with Gasteiger partial charge < -0.3 is 0 Å². The zero-order valence-electron chi connectivity index (χ0n) is 12.2. The first-order valence-electron chi connectivity index (χ1n) is 7.25. The third-order valence-corrected chi connectivity index (χ3v) is 5.05. The lowest BCUT2D eigenvalue weighted by Gasteiger charge is -2.09. The van der Waals surface area contributed by atoms with E-state index in [2.05, 4.69) is 18.2 Å². The molecular weight excluding hydrogens is 288 g/mol. The standard InChI is InChI=1S/C20H14OS/c1-13-10-11-14-6-2-3-7-15(14)19(13)20(21)17-12-22-18-9-5-4-8-16(17)18/h2-12H,1H3. The summed E-state index contributed by atoms with van der Waals surface area (Å²) in [6.07, 6.45) is 0. The summed E-state index contributed by atoms with van der Waals surface area (Å²) in [5.74, 6) is 0.117. The molecule has 0 bridgehead atoms. The van der Waals surface area contributed by atoms with Gasteiger partial charge in [-0.25, -0.2) is 0 Å². The first kappa shape index (κ1) is 13.2. The van der Waals surface area contributed by atoms with E-state index in [9.17, 15) is 4.79 Å². The van der Waals surface area contributed by atoms with E-state index in [0.717, 1.165) is 37.5 Å². The summed E-state index contributed by atoms with van der Waals surface area (Å²) in [4.78, 5) is 13.2. The molecule has 106 valence electrons. The quantitative estimate of drug-likeness (QED) is 0.441. The van der Waals surface area contributed by atoms with Crippen molar-refractivity contribution in [1.82, 2.24) is 0 Å². The van der Waals surface area contributed by atoms with Gasteiger partial charge in [0.05, 0.1) is 0 Å². The Labute approximate surface area is 132 Å². The highest BCUT2D eigenvalue weighted by atomic mass is 32.1. The van der Waals surface area contributed by atoms with Gasteiger partial charge in [0.2, 0.25) is 0 Å². The van der Waals surface area contributed by atoms with Gasteiger partial charge in [0.25, 0.3) is 0 Å². The van der Waals surface area contributed by atoms with Crippen LogP contribution >= 0.6 is 11.3 Å². The molecular formula is C20H14OS. The van der Waals surface area contributed by atoms with Gasteiger partial charge in [-0.1, -0.05) is 54.6 Å². The van der Waals surface area contributed by atoms with Crippen molar-refractivity contribution in [2.24, 2.45) is 0 Å². The van der Waals surface area contributed by atoms with Gasteiger partial charge in [-0.3, -0.25) is 4.79 Å². The molecule has 0 aliphatic carbocycles. The zero-order valence-corrected chi connectivity index (χ0v) is 13.0. The molecule has 0 spiro atoms. The zero-order chi connectivity index (χ0) is 15.1. The van der Waals surface area contributed by atoms with E-state index in [4.69, 9.17) is 0 Å². The number of hydrogen-bond acceptors (Lipinski definition) is 2. The van der Waals surface area contributed by atoms with Crippen LogP contribution in [0.4, 0.5) is 0 Å². The molecule has 0 radical (unpaired) electrons. The number of ketones is 1. The van der Waals surface area contributed by atoms with Crippen molar-refractivity contribution in [2.45, 2.75) is 6.92 Å². The number of carbonyl (C=O) groups is 1. The van der Waals surface area contributed by atoms with Gasteiger partial charge in [-0.2, -0.15) is 0 Å². The van der Waals surface area contributed by atoms with Gasteiger partial charge in [-0.05, 0) is 29.3 Å². The Hall–Kier alpha value is -2.45. The maximum atomic E-state index is 13.2. The highest BCUT2D eigenvalue weighted by molar-refractivity contribution is 7.17. The number of aryl methyl sites for hydroxylation is 1. The number of rotatable bonds is 2. The van der Waals surface area contributed by atoms with E-state index in [1.54, 1.807) is 11.3 Å². The molecule has 0 atom stereocenters. The molecule has 2 heteroatoms. The van der Waals surface area contributed by atoms with Crippen LogP contribution in [0.2, 0.25) is 0 Å². The average molecular weight is 302 g/mol. The maximum absolute atomic E-state index is 13.2. The van der Waals surface area contributed by atoms with Gasteiger partial charge in [0, 0.05) is 26.6 Å². The van der Waals surface area contributed by atoms with Crippen molar-refractivity contribution < 1.29 is 4.79 Å². The SMILES string of the molecule is Cc1ccc2ccccc2c1C(=O)c1csc2ccccc12. The molecule has 0 saturated heterocycles.